The molecule has 0 aliphatic carbocycles. The quantitative estimate of drug-likeness (QED) is 0.909. The lowest BCUT2D eigenvalue weighted by Crippen LogP contribution is -2.14. The van der Waals surface area contributed by atoms with Crippen LogP contribution in [0.25, 0.3) is 0 Å². The van der Waals surface area contributed by atoms with Gasteiger partial charge in [-0.05, 0) is 25.0 Å². The van der Waals surface area contributed by atoms with Crippen LogP contribution in [0.3, 0.4) is 0 Å². The van der Waals surface area contributed by atoms with Crippen LogP contribution >= 0.6 is 0 Å². The van der Waals surface area contributed by atoms with Crippen molar-refractivity contribution in [3.8, 4) is 0 Å². The molecule has 0 aliphatic rings. The molecular formula is C13H15F2N3. The molecule has 0 radical (unpaired) electrons. The van der Waals surface area contributed by atoms with E-state index in [0.717, 1.165) is 17.3 Å². The predicted octanol–water partition coefficient (Wildman–Crippen LogP) is 2.25. The predicted molar refractivity (Wildman–Crippen MR) is 64.9 cm³/mol. The van der Waals surface area contributed by atoms with Crippen molar-refractivity contribution >= 4 is 0 Å². The van der Waals surface area contributed by atoms with Gasteiger partial charge >= 0.3 is 0 Å². The van der Waals surface area contributed by atoms with Crippen molar-refractivity contribution in [2.24, 2.45) is 12.8 Å². The molecule has 18 heavy (non-hydrogen) atoms. The van der Waals surface area contributed by atoms with Gasteiger partial charge in [0.2, 0.25) is 0 Å². The van der Waals surface area contributed by atoms with Crippen LogP contribution in [0, 0.1) is 18.6 Å². The highest BCUT2D eigenvalue weighted by Crippen LogP contribution is 2.20. The van der Waals surface area contributed by atoms with Crippen LogP contribution in [0.4, 0.5) is 8.78 Å². The molecule has 0 saturated heterocycles. The molecule has 1 atom stereocenters. The van der Waals surface area contributed by atoms with Crippen LogP contribution in [-0.4, -0.2) is 9.78 Å². The van der Waals surface area contributed by atoms with E-state index < -0.39 is 11.6 Å². The first-order valence-corrected chi connectivity index (χ1v) is 5.67. The van der Waals surface area contributed by atoms with Gasteiger partial charge in [0.25, 0.3) is 0 Å². The van der Waals surface area contributed by atoms with Crippen molar-refractivity contribution < 1.29 is 8.78 Å². The summed E-state index contributed by atoms with van der Waals surface area (Å²) in [4.78, 5) is 0. The summed E-state index contributed by atoms with van der Waals surface area (Å²) in [6.45, 7) is 1.86. The van der Waals surface area contributed by atoms with Crippen LogP contribution < -0.4 is 5.73 Å². The Morgan fingerprint density at radius 1 is 1.39 bits per heavy atom. The number of hydrogen-bond acceptors (Lipinski definition) is 2. The maximum Gasteiger partial charge on any atom is 0.129 e. The van der Waals surface area contributed by atoms with E-state index in [9.17, 15) is 8.78 Å². The van der Waals surface area contributed by atoms with Gasteiger partial charge in [-0.2, -0.15) is 5.10 Å². The number of hydrogen-bond donors (Lipinski definition) is 1. The van der Waals surface area contributed by atoms with Crippen molar-refractivity contribution in [2.75, 3.05) is 0 Å². The smallest absolute Gasteiger partial charge is 0.129 e. The van der Waals surface area contributed by atoms with Gasteiger partial charge in [-0.1, -0.05) is 6.07 Å². The van der Waals surface area contributed by atoms with Gasteiger partial charge in [-0.15, -0.1) is 0 Å². The maximum absolute atomic E-state index is 13.5. The zero-order chi connectivity index (χ0) is 13.3. The summed E-state index contributed by atoms with van der Waals surface area (Å²) in [5, 5.41) is 4.19. The van der Waals surface area contributed by atoms with Gasteiger partial charge in [0.15, 0.2) is 0 Å². The zero-order valence-corrected chi connectivity index (χ0v) is 10.3. The molecule has 96 valence electrons. The summed E-state index contributed by atoms with van der Waals surface area (Å²) in [5.74, 6) is -1.14. The number of benzene rings is 1. The molecule has 1 aromatic heterocycles. The minimum absolute atomic E-state index is 0.318. The largest absolute Gasteiger partial charge is 0.324 e. The van der Waals surface area contributed by atoms with E-state index in [2.05, 4.69) is 5.10 Å². The monoisotopic (exact) mass is 251 g/mol. The number of nitrogens with two attached hydrogens (primary N) is 1. The first-order chi connectivity index (χ1) is 8.47. The standard InChI is InChI=1S/C13H15F2N3/c1-8-11(7-18(2)17-8)13(16)5-9-3-4-10(14)6-12(9)15/h3-4,6-7,13H,5,16H2,1-2H3. The first-order valence-electron chi connectivity index (χ1n) is 5.67. The molecular weight excluding hydrogens is 236 g/mol. The van der Waals surface area contributed by atoms with Gasteiger partial charge in [0.1, 0.15) is 11.6 Å². The van der Waals surface area contributed by atoms with E-state index >= 15 is 0 Å². The lowest BCUT2D eigenvalue weighted by Gasteiger charge is -2.11. The highest BCUT2D eigenvalue weighted by atomic mass is 19.1. The fourth-order valence-electron chi connectivity index (χ4n) is 2.02. The molecule has 0 bridgehead atoms. The number of aryl methyl sites for hydroxylation is 2. The SMILES string of the molecule is Cc1nn(C)cc1C(N)Cc1ccc(F)cc1F. The van der Waals surface area contributed by atoms with Crippen molar-refractivity contribution in [2.45, 2.75) is 19.4 Å². The van der Waals surface area contributed by atoms with E-state index in [1.54, 1.807) is 4.68 Å². The summed E-state index contributed by atoms with van der Waals surface area (Å²) in [7, 11) is 1.81. The molecule has 0 aliphatic heterocycles. The fourth-order valence-corrected chi connectivity index (χ4v) is 2.02. The minimum Gasteiger partial charge on any atom is -0.324 e. The van der Waals surface area contributed by atoms with E-state index in [1.807, 2.05) is 20.2 Å². The van der Waals surface area contributed by atoms with Crippen molar-refractivity contribution in [1.82, 2.24) is 9.78 Å². The van der Waals surface area contributed by atoms with Crippen LogP contribution in [0.15, 0.2) is 24.4 Å². The third kappa shape index (κ3) is 2.56. The Labute approximate surface area is 104 Å². The maximum atomic E-state index is 13.5. The Kier molecular flexibility index (Phi) is 3.43. The molecule has 0 fully saturated rings. The fraction of sp³-hybridized carbons (Fsp3) is 0.308. The molecule has 1 heterocycles. The normalized spacial score (nSPS) is 12.7. The van der Waals surface area contributed by atoms with Crippen LogP contribution in [-0.2, 0) is 13.5 Å². The van der Waals surface area contributed by atoms with Crippen LogP contribution in [0.2, 0.25) is 0 Å². The molecule has 5 heteroatoms. The summed E-state index contributed by atoms with van der Waals surface area (Å²) >= 11 is 0. The zero-order valence-electron chi connectivity index (χ0n) is 10.3. The Hall–Kier alpha value is -1.75. The lowest BCUT2D eigenvalue weighted by atomic mass is 10.00. The third-order valence-corrected chi connectivity index (χ3v) is 2.91. The Balaban J connectivity index is 2.21. The van der Waals surface area contributed by atoms with E-state index in [0.29, 0.717) is 12.0 Å². The van der Waals surface area contributed by atoms with Crippen molar-refractivity contribution in [3.05, 3.63) is 52.9 Å². The second-order valence-corrected chi connectivity index (χ2v) is 4.39. The highest BCUT2D eigenvalue weighted by Gasteiger charge is 2.15. The van der Waals surface area contributed by atoms with Gasteiger partial charge < -0.3 is 5.73 Å². The lowest BCUT2D eigenvalue weighted by molar-refractivity contribution is 0.562. The van der Waals surface area contributed by atoms with E-state index in [-0.39, 0.29) is 6.04 Å². The van der Waals surface area contributed by atoms with Gasteiger partial charge in [0.05, 0.1) is 5.69 Å². The van der Waals surface area contributed by atoms with Crippen LogP contribution in [0.5, 0.6) is 0 Å². The second-order valence-electron chi connectivity index (χ2n) is 4.39. The summed E-state index contributed by atoms with van der Waals surface area (Å²) in [6.07, 6.45) is 2.14. The van der Waals surface area contributed by atoms with Gasteiger partial charge in [-0.3, -0.25) is 4.68 Å². The van der Waals surface area contributed by atoms with E-state index in [1.165, 1.54) is 12.1 Å². The Morgan fingerprint density at radius 3 is 2.67 bits per heavy atom. The number of halogens is 2. The highest BCUT2D eigenvalue weighted by molar-refractivity contribution is 5.25. The summed E-state index contributed by atoms with van der Waals surface area (Å²) in [5.41, 5.74) is 8.15. The Morgan fingerprint density at radius 2 is 2.11 bits per heavy atom. The number of nitrogens with zero attached hydrogens (tertiary/aromatic N) is 2. The van der Waals surface area contributed by atoms with E-state index in [4.69, 9.17) is 5.73 Å². The molecule has 2 aromatic rings. The van der Waals surface area contributed by atoms with Gasteiger partial charge in [-0.25, -0.2) is 8.78 Å². The van der Waals surface area contributed by atoms with Gasteiger partial charge in [0, 0.05) is 30.9 Å². The number of rotatable bonds is 3. The van der Waals surface area contributed by atoms with Crippen molar-refractivity contribution in [3.63, 3.8) is 0 Å². The molecule has 0 amide bonds. The minimum atomic E-state index is -0.581. The molecule has 0 saturated carbocycles. The molecule has 3 nitrogen and oxygen atoms in total. The molecule has 1 aromatic carbocycles. The van der Waals surface area contributed by atoms with Crippen molar-refractivity contribution in [1.29, 1.82) is 0 Å². The van der Waals surface area contributed by atoms with Crippen LogP contribution in [0.1, 0.15) is 22.9 Å². The Bertz CT molecular complexity index is 563. The average Bonchev–Trinajstić information content (AvgIpc) is 2.62. The molecule has 2 rings (SSSR count). The summed E-state index contributed by atoms with van der Waals surface area (Å²) < 4.78 is 28.0. The molecule has 0 spiro atoms. The number of aromatic nitrogens is 2. The second kappa shape index (κ2) is 4.86. The summed E-state index contributed by atoms with van der Waals surface area (Å²) in [6, 6.07) is 3.19. The third-order valence-electron chi connectivity index (χ3n) is 2.91. The average molecular weight is 251 g/mol. The topological polar surface area (TPSA) is 43.8 Å². The molecule has 2 N–H and O–H groups in total. The first kappa shape index (κ1) is 12.7. The molecule has 1 unspecified atom stereocenters.